The Bertz CT molecular complexity index is 815. The first-order chi connectivity index (χ1) is 11.4. The van der Waals surface area contributed by atoms with Gasteiger partial charge in [-0.05, 0) is 23.8 Å². The number of nitrogens with zero attached hydrogens (tertiary/aromatic N) is 1. The zero-order chi connectivity index (χ0) is 17.7. The molecule has 0 saturated carbocycles. The molecule has 0 saturated heterocycles. The van der Waals surface area contributed by atoms with E-state index in [4.69, 9.17) is 11.6 Å². The highest BCUT2D eigenvalue weighted by molar-refractivity contribution is 7.89. The predicted octanol–water partition coefficient (Wildman–Crippen LogP) is 3.80. The van der Waals surface area contributed by atoms with Crippen LogP contribution in [0.2, 0.25) is 5.02 Å². The molecule has 0 aliphatic rings. The first kappa shape index (κ1) is 18.6. The van der Waals surface area contributed by atoms with Crippen molar-refractivity contribution in [3.63, 3.8) is 0 Å². The zero-order valence-electron chi connectivity index (χ0n) is 13.7. The fourth-order valence-electron chi connectivity index (χ4n) is 2.47. The Morgan fingerprint density at radius 1 is 1.04 bits per heavy atom. The quantitative estimate of drug-likeness (QED) is 0.701. The Morgan fingerprint density at radius 3 is 2.25 bits per heavy atom. The second-order valence-corrected chi connectivity index (χ2v) is 7.66. The van der Waals surface area contributed by atoms with E-state index < -0.39 is 10.0 Å². The number of carbonyl (C=O) groups excluding carboxylic acids is 1. The van der Waals surface area contributed by atoms with Crippen molar-refractivity contribution in [1.29, 1.82) is 0 Å². The van der Waals surface area contributed by atoms with Gasteiger partial charge in [0, 0.05) is 25.1 Å². The minimum Gasteiger partial charge on any atom is -0.294 e. The van der Waals surface area contributed by atoms with Gasteiger partial charge in [-0.2, -0.15) is 4.31 Å². The molecule has 2 rings (SSSR count). The van der Waals surface area contributed by atoms with Crippen LogP contribution < -0.4 is 0 Å². The molecular weight excluding hydrogens is 346 g/mol. The summed E-state index contributed by atoms with van der Waals surface area (Å²) in [6.07, 6.45) is 0.176. The minimum atomic E-state index is -3.62. The molecule has 4 nitrogen and oxygen atoms in total. The second-order valence-electron chi connectivity index (χ2n) is 5.32. The van der Waals surface area contributed by atoms with Crippen LogP contribution in [0, 0.1) is 0 Å². The summed E-state index contributed by atoms with van der Waals surface area (Å²) in [5.74, 6) is -0.206. The average molecular weight is 366 g/mol. The van der Waals surface area contributed by atoms with Gasteiger partial charge in [-0.15, -0.1) is 0 Å². The average Bonchev–Trinajstić information content (AvgIpc) is 2.56. The summed E-state index contributed by atoms with van der Waals surface area (Å²) in [6.45, 7) is 4.29. The Morgan fingerprint density at radius 2 is 1.67 bits per heavy atom. The fraction of sp³-hybridized carbons (Fsp3) is 0.278. The molecule has 0 N–H and O–H groups in total. The van der Waals surface area contributed by atoms with Crippen LogP contribution in [0.5, 0.6) is 0 Å². The number of hydrogen-bond donors (Lipinski definition) is 0. The van der Waals surface area contributed by atoms with Crippen LogP contribution in [0.1, 0.15) is 29.8 Å². The van der Waals surface area contributed by atoms with Gasteiger partial charge < -0.3 is 0 Å². The second kappa shape index (κ2) is 7.92. The topological polar surface area (TPSA) is 54.5 Å². The molecule has 24 heavy (non-hydrogen) atoms. The Labute approximate surface area is 148 Å². The highest BCUT2D eigenvalue weighted by Gasteiger charge is 2.23. The third-order valence-electron chi connectivity index (χ3n) is 3.79. The largest absolute Gasteiger partial charge is 0.294 e. The molecule has 0 aromatic heterocycles. The molecule has 0 heterocycles. The number of sulfonamides is 1. The van der Waals surface area contributed by atoms with Crippen LogP contribution >= 0.6 is 11.6 Å². The van der Waals surface area contributed by atoms with Crippen molar-refractivity contribution in [2.24, 2.45) is 0 Å². The van der Waals surface area contributed by atoms with Crippen LogP contribution in [0.15, 0.2) is 53.4 Å². The first-order valence-corrected chi connectivity index (χ1v) is 9.58. The van der Waals surface area contributed by atoms with Crippen molar-refractivity contribution in [2.45, 2.75) is 25.2 Å². The molecular formula is C18H20ClNO3S. The van der Waals surface area contributed by atoms with Gasteiger partial charge in [-0.3, -0.25) is 4.79 Å². The normalized spacial score (nSPS) is 11.7. The summed E-state index contributed by atoms with van der Waals surface area (Å²) in [7, 11) is -3.62. The standard InChI is InChI=1S/C18H20ClNO3S/c1-3-20(4-2)24(22,23)15-10-11-17(19)16(13-15)18(21)12-14-8-6-5-7-9-14/h5-11,13H,3-4,12H2,1-2H3. The lowest BCUT2D eigenvalue weighted by Crippen LogP contribution is -2.30. The van der Waals surface area contributed by atoms with E-state index in [1.54, 1.807) is 13.8 Å². The van der Waals surface area contributed by atoms with E-state index >= 15 is 0 Å². The predicted molar refractivity (Wildman–Crippen MR) is 96.0 cm³/mol. The molecule has 0 radical (unpaired) electrons. The fourth-order valence-corrected chi connectivity index (χ4v) is 4.18. The van der Waals surface area contributed by atoms with Crippen molar-refractivity contribution in [3.05, 3.63) is 64.7 Å². The highest BCUT2D eigenvalue weighted by Crippen LogP contribution is 2.24. The van der Waals surface area contributed by atoms with Gasteiger partial charge in [0.05, 0.1) is 9.92 Å². The van der Waals surface area contributed by atoms with Crippen LogP contribution in [-0.4, -0.2) is 31.6 Å². The molecule has 2 aromatic rings. The Balaban J connectivity index is 2.37. The number of halogens is 1. The van der Waals surface area contributed by atoms with Crippen molar-refractivity contribution in [1.82, 2.24) is 4.31 Å². The SMILES string of the molecule is CCN(CC)S(=O)(=O)c1ccc(Cl)c(C(=O)Cc2ccccc2)c1. The molecule has 0 amide bonds. The maximum Gasteiger partial charge on any atom is 0.243 e. The lowest BCUT2D eigenvalue weighted by Gasteiger charge is -2.19. The maximum atomic E-state index is 12.6. The van der Waals surface area contributed by atoms with E-state index in [0.29, 0.717) is 13.1 Å². The monoisotopic (exact) mass is 365 g/mol. The third kappa shape index (κ3) is 4.04. The van der Waals surface area contributed by atoms with Gasteiger partial charge in [-0.25, -0.2) is 8.42 Å². The molecule has 128 valence electrons. The zero-order valence-corrected chi connectivity index (χ0v) is 15.3. The lowest BCUT2D eigenvalue weighted by atomic mass is 10.0. The van der Waals surface area contributed by atoms with Crippen LogP contribution in [0.25, 0.3) is 0 Å². The lowest BCUT2D eigenvalue weighted by molar-refractivity contribution is 0.0993. The maximum absolute atomic E-state index is 12.6. The number of Topliss-reactive ketones (excluding diaryl/α,β-unsaturated/α-hetero) is 1. The number of benzene rings is 2. The van der Waals surface area contributed by atoms with E-state index in [1.807, 2.05) is 30.3 Å². The van der Waals surface area contributed by atoms with Gasteiger partial charge in [0.2, 0.25) is 10.0 Å². The Hall–Kier alpha value is -1.69. The first-order valence-electron chi connectivity index (χ1n) is 7.77. The molecule has 0 bridgehead atoms. The summed E-state index contributed by atoms with van der Waals surface area (Å²) in [4.78, 5) is 12.6. The molecule has 2 aromatic carbocycles. The summed E-state index contributed by atoms with van der Waals surface area (Å²) in [5.41, 5.74) is 1.09. The molecule has 0 aliphatic heterocycles. The van der Waals surface area contributed by atoms with Crippen molar-refractivity contribution in [2.75, 3.05) is 13.1 Å². The third-order valence-corrected chi connectivity index (χ3v) is 6.16. The van der Waals surface area contributed by atoms with Crippen molar-refractivity contribution in [3.8, 4) is 0 Å². The molecule has 0 fully saturated rings. The van der Waals surface area contributed by atoms with Crippen molar-refractivity contribution >= 4 is 27.4 Å². The number of ketones is 1. The van der Waals surface area contributed by atoms with Gasteiger partial charge in [0.1, 0.15) is 0 Å². The summed E-state index contributed by atoms with van der Waals surface area (Å²) in [6, 6.07) is 13.6. The summed E-state index contributed by atoms with van der Waals surface area (Å²) < 4.78 is 26.6. The highest BCUT2D eigenvalue weighted by atomic mass is 35.5. The smallest absolute Gasteiger partial charge is 0.243 e. The number of carbonyl (C=O) groups is 1. The molecule has 0 aliphatic carbocycles. The molecule has 6 heteroatoms. The van der Waals surface area contributed by atoms with E-state index in [2.05, 4.69) is 0 Å². The van der Waals surface area contributed by atoms with Crippen molar-refractivity contribution < 1.29 is 13.2 Å². The van der Waals surface area contributed by atoms with Crippen LogP contribution in [-0.2, 0) is 16.4 Å². The van der Waals surface area contributed by atoms with Crippen LogP contribution in [0.3, 0.4) is 0 Å². The number of hydrogen-bond acceptors (Lipinski definition) is 3. The minimum absolute atomic E-state index is 0.0898. The van der Waals surface area contributed by atoms with E-state index in [9.17, 15) is 13.2 Å². The van der Waals surface area contributed by atoms with E-state index in [0.717, 1.165) is 5.56 Å². The van der Waals surface area contributed by atoms with Gasteiger partial charge in [-0.1, -0.05) is 55.8 Å². The van der Waals surface area contributed by atoms with Gasteiger partial charge >= 0.3 is 0 Å². The van der Waals surface area contributed by atoms with E-state index in [1.165, 1.54) is 22.5 Å². The molecule has 0 unspecified atom stereocenters. The van der Waals surface area contributed by atoms with Crippen LogP contribution in [0.4, 0.5) is 0 Å². The van der Waals surface area contributed by atoms with Gasteiger partial charge in [0.15, 0.2) is 5.78 Å². The Kier molecular flexibility index (Phi) is 6.15. The molecule has 0 atom stereocenters. The van der Waals surface area contributed by atoms with E-state index in [-0.39, 0.29) is 27.7 Å². The molecule has 0 spiro atoms. The summed E-state index contributed by atoms with van der Waals surface area (Å²) >= 11 is 6.13. The van der Waals surface area contributed by atoms with Gasteiger partial charge in [0.25, 0.3) is 0 Å². The summed E-state index contributed by atoms with van der Waals surface area (Å²) in [5, 5.41) is 0.259. The number of rotatable bonds is 7.